The molecule has 2 N–H and O–H groups in total. The summed E-state index contributed by atoms with van der Waals surface area (Å²) in [6.07, 6.45) is 0. The van der Waals surface area contributed by atoms with Crippen LogP contribution in [0.5, 0.6) is 0 Å². The normalized spacial score (nSPS) is 10.2. The van der Waals surface area contributed by atoms with Crippen LogP contribution in [-0.2, 0) is 6.54 Å². The van der Waals surface area contributed by atoms with E-state index in [-0.39, 0.29) is 0 Å². The van der Waals surface area contributed by atoms with E-state index >= 15 is 0 Å². The summed E-state index contributed by atoms with van der Waals surface area (Å²) in [6.45, 7) is 6.71. The predicted octanol–water partition coefficient (Wildman–Crippen LogP) is 1.47. The van der Waals surface area contributed by atoms with Gasteiger partial charge in [0.25, 0.3) is 0 Å². The molecule has 1 heterocycles. The van der Waals surface area contributed by atoms with Gasteiger partial charge in [0.1, 0.15) is 0 Å². The van der Waals surface area contributed by atoms with Crippen LogP contribution in [0.2, 0.25) is 0 Å². The summed E-state index contributed by atoms with van der Waals surface area (Å²) in [5.74, 6) is 0. The molecule has 0 spiro atoms. The maximum absolute atomic E-state index is 5.48. The molecule has 1 rings (SSSR count). The van der Waals surface area contributed by atoms with Gasteiger partial charge < -0.3 is 5.73 Å². The quantitative estimate of drug-likeness (QED) is 0.658. The minimum Gasteiger partial charge on any atom is -0.325 e. The van der Waals surface area contributed by atoms with Crippen molar-refractivity contribution in [3.05, 3.63) is 28.6 Å². The Labute approximate surface area is 67.5 Å². The summed E-state index contributed by atoms with van der Waals surface area (Å²) in [6, 6.07) is 2.04. The Kier molecular flexibility index (Phi) is 2.25. The van der Waals surface area contributed by atoms with Crippen molar-refractivity contribution in [3.8, 4) is 0 Å². The van der Waals surface area contributed by atoms with Gasteiger partial charge in [0.2, 0.25) is 0 Å². The SMILES string of the molecule is Cc1cc(CN)nc(C)c1C. The molecule has 60 valence electrons. The molecule has 11 heavy (non-hydrogen) atoms. The van der Waals surface area contributed by atoms with Crippen LogP contribution in [0.3, 0.4) is 0 Å². The second-order valence-corrected chi connectivity index (χ2v) is 2.85. The fraction of sp³-hybridized carbons (Fsp3) is 0.444. The first-order chi connectivity index (χ1) is 5.15. The molecule has 2 heteroatoms. The van der Waals surface area contributed by atoms with Crippen LogP contribution in [0.4, 0.5) is 0 Å². The summed E-state index contributed by atoms with van der Waals surface area (Å²) in [4.78, 5) is 4.33. The Morgan fingerprint density at radius 1 is 1.36 bits per heavy atom. The van der Waals surface area contributed by atoms with Crippen LogP contribution in [0, 0.1) is 20.8 Å². The lowest BCUT2D eigenvalue weighted by atomic mass is 10.1. The molecule has 0 aliphatic rings. The summed E-state index contributed by atoms with van der Waals surface area (Å²) < 4.78 is 0. The van der Waals surface area contributed by atoms with Crippen molar-refractivity contribution >= 4 is 0 Å². The van der Waals surface area contributed by atoms with Gasteiger partial charge in [0, 0.05) is 12.2 Å². The molecule has 0 aromatic carbocycles. The van der Waals surface area contributed by atoms with E-state index in [0.29, 0.717) is 6.54 Å². The summed E-state index contributed by atoms with van der Waals surface area (Å²) in [5.41, 5.74) is 10.1. The van der Waals surface area contributed by atoms with Crippen LogP contribution in [0.1, 0.15) is 22.5 Å². The van der Waals surface area contributed by atoms with Crippen molar-refractivity contribution < 1.29 is 0 Å². The molecule has 0 aliphatic heterocycles. The van der Waals surface area contributed by atoms with E-state index in [9.17, 15) is 0 Å². The molecule has 0 fully saturated rings. The first-order valence-electron chi connectivity index (χ1n) is 3.79. The minimum absolute atomic E-state index is 0.530. The molecule has 1 aromatic heterocycles. The number of aryl methyl sites for hydroxylation is 2. The Morgan fingerprint density at radius 2 is 2.00 bits per heavy atom. The molecule has 0 aliphatic carbocycles. The van der Waals surface area contributed by atoms with Gasteiger partial charge in [-0.1, -0.05) is 0 Å². The van der Waals surface area contributed by atoms with E-state index in [1.54, 1.807) is 0 Å². The number of pyridine rings is 1. The second kappa shape index (κ2) is 3.01. The van der Waals surface area contributed by atoms with Gasteiger partial charge in [-0.15, -0.1) is 0 Å². The van der Waals surface area contributed by atoms with Gasteiger partial charge >= 0.3 is 0 Å². The van der Waals surface area contributed by atoms with E-state index in [0.717, 1.165) is 11.4 Å². The fourth-order valence-corrected chi connectivity index (χ4v) is 1.08. The smallest absolute Gasteiger partial charge is 0.0545 e. The first-order valence-corrected chi connectivity index (χ1v) is 3.79. The number of rotatable bonds is 1. The lowest BCUT2D eigenvalue weighted by Gasteiger charge is -2.05. The predicted molar refractivity (Wildman–Crippen MR) is 46.3 cm³/mol. The average molecular weight is 150 g/mol. The zero-order chi connectivity index (χ0) is 8.43. The van der Waals surface area contributed by atoms with E-state index in [2.05, 4.69) is 18.8 Å². The highest BCUT2D eigenvalue weighted by molar-refractivity contribution is 5.29. The van der Waals surface area contributed by atoms with Gasteiger partial charge in [-0.2, -0.15) is 0 Å². The number of hydrogen-bond donors (Lipinski definition) is 1. The number of nitrogens with two attached hydrogens (primary N) is 1. The zero-order valence-electron chi connectivity index (χ0n) is 7.31. The highest BCUT2D eigenvalue weighted by Crippen LogP contribution is 2.10. The molecule has 0 saturated heterocycles. The zero-order valence-corrected chi connectivity index (χ0v) is 7.31. The summed E-state index contributed by atoms with van der Waals surface area (Å²) in [5, 5.41) is 0. The first kappa shape index (κ1) is 8.21. The van der Waals surface area contributed by atoms with Crippen LogP contribution in [-0.4, -0.2) is 4.98 Å². The van der Waals surface area contributed by atoms with E-state index in [4.69, 9.17) is 5.73 Å². The number of hydrogen-bond acceptors (Lipinski definition) is 2. The number of aromatic nitrogens is 1. The van der Waals surface area contributed by atoms with Gasteiger partial charge in [0.05, 0.1) is 5.69 Å². The third-order valence-corrected chi connectivity index (χ3v) is 2.04. The maximum atomic E-state index is 5.48. The maximum Gasteiger partial charge on any atom is 0.0545 e. The van der Waals surface area contributed by atoms with Crippen LogP contribution in [0.15, 0.2) is 6.07 Å². The molecular formula is C9H14N2. The monoisotopic (exact) mass is 150 g/mol. The summed E-state index contributed by atoms with van der Waals surface area (Å²) in [7, 11) is 0. The molecule has 0 amide bonds. The molecular weight excluding hydrogens is 136 g/mol. The molecule has 0 radical (unpaired) electrons. The fourth-order valence-electron chi connectivity index (χ4n) is 1.08. The lowest BCUT2D eigenvalue weighted by molar-refractivity contribution is 0.950. The van der Waals surface area contributed by atoms with Crippen molar-refractivity contribution in [1.82, 2.24) is 4.98 Å². The highest BCUT2D eigenvalue weighted by Gasteiger charge is 1.99. The Hall–Kier alpha value is -0.890. The van der Waals surface area contributed by atoms with Crippen molar-refractivity contribution in [2.75, 3.05) is 0 Å². The minimum atomic E-state index is 0.530. The standard InChI is InChI=1S/C9H14N2/c1-6-4-9(5-10)11-8(3)7(6)2/h4H,5,10H2,1-3H3. The van der Waals surface area contributed by atoms with Gasteiger partial charge in [-0.3, -0.25) is 4.98 Å². The van der Waals surface area contributed by atoms with Gasteiger partial charge in [0.15, 0.2) is 0 Å². The van der Waals surface area contributed by atoms with E-state index < -0.39 is 0 Å². The van der Waals surface area contributed by atoms with Gasteiger partial charge in [-0.25, -0.2) is 0 Å². The third kappa shape index (κ3) is 1.57. The number of nitrogens with zero attached hydrogens (tertiary/aromatic N) is 1. The van der Waals surface area contributed by atoms with E-state index in [1.165, 1.54) is 11.1 Å². The highest BCUT2D eigenvalue weighted by atomic mass is 14.7. The Morgan fingerprint density at radius 3 is 2.45 bits per heavy atom. The average Bonchev–Trinajstić information content (AvgIpc) is 1.99. The molecule has 2 nitrogen and oxygen atoms in total. The van der Waals surface area contributed by atoms with E-state index in [1.807, 2.05) is 13.0 Å². The van der Waals surface area contributed by atoms with Crippen LogP contribution < -0.4 is 5.73 Å². The van der Waals surface area contributed by atoms with Crippen LogP contribution in [0.25, 0.3) is 0 Å². The van der Waals surface area contributed by atoms with Crippen molar-refractivity contribution in [3.63, 3.8) is 0 Å². The Balaban J connectivity index is 3.21. The molecule has 0 bridgehead atoms. The topological polar surface area (TPSA) is 38.9 Å². The van der Waals surface area contributed by atoms with Crippen LogP contribution >= 0.6 is 0 Å². The third-order valence-electron chi connectivity index (χ3n) is 2.04. The van der Waals surface area contributed by atoms with Crippen molar-refractivity contribution in [2.45, 2.75) is 27.3 Å². The largest absolute Gasteiger partial charge is 0.325 e. The molecule has 0 unspecified atom stereocenters. The van der Waals surface area contributed by atoms with Gasteiger partial charge in [-0.05, 0) is 38.0 Å². The van der Waals surface area contributed by atoms with Crippen molar-refractivity contribution in [1.29, 1.82) is 0 Å². The summed E-state index contributed by atoms with van der Waals surface area (Å²) >= 11 is 0. The molecule has 0 saturated carbocycles. The molecule has 1 aromatic rings. The van der Waals surface area contributed by atoms with Crippen molar-refractivity contribution in [2.24, 2.45) is 5.73 Å². The second-order valence-electron chi connectivity index (χ2n) is 2.85. The Bertz CT molecular complexity index is 243. The lowest BCUT2D eigenvalue weighted by Crippen LogP contribution is -2.03. The molecule has 0 atom stereocenters.